The molecule has 18 heavy (non-hydrogen) atoms. The molecule has 0 aliphatic heterocycles. The standard InChI is InChI=1S/C12H20F3NO2/c1-9-3-2-4-11(5-9,6-10(17)18)7-16-8-12(13,14)15/h9,16H,2-8H2,1H3,(H,17,18)/t9-,11+/m1/s1. The van der Waals surface area contributed by atoms with Crippen LogP contribution < -0.4 is 5.32 Å². The third kappa shape index (κ3) is 5.25. The Labute approximate surface area is 105 Å². The molecule has 0 aromatic carbocycles. The summed E-state index contributed by atoms with van der Waals surface area (Å²) in [6, 6.07) is 0. The summed E-state index contributed by atoms with van der Waals surface area (Å²) in [6.45, 7) is 1.10. The SMILES string of the molecule is C[C@@H]1CCC[C@@](CNCC(F)(F)F)(CC(=O)O)C1. The minimum absolute atomic E-state index is 0.0534. The molecule has 0 spiro atoms. The van der Waals surface area contributed by atoms with Crippen molar-refractivity contribution in [2.45, 2.75) is 45.2 Å². The fourth-order valence-corrected chi connectivity index (χ4v) is 2.94. The van der Waals surface area contributed by atoms with E-state index in [9.17, 15) is 18.0 Å². The first-order valence-corrected chi connectivity index (χ1v) is 6.22. The third-order valence-corrected chi connectivity index (χ3v) is 3.54. The summed E-state index contributed by atoms with van der Waals surface area (Å²) < 4.78 is 36.3. The molecule has 1 aliphatic carbocycles. The second kappa shape index (κ2) is 5.91. The van der Waals surface area contributed by atoms with Crippen LogP contribution in [0.15, 0.2) is 0 Å². The van der Waals surface area contributed by atoms with Gasteiger partial charge in [0, 0.05) is 6.54 Å². The normalized spacial score (nSPS) is 29.2. The quantitative estimate of drug-likeness (QED) is 0.805. The third-order valence-electron chi connectivity index (χ3n) is 3.54. The molecule has 0 amide bonds. The molecule has 0 radical (unpaired) electrons. The molecule has 0 aromatic rings. The van der Waals surface area contributed by atoms with Crippen molar-refractivity contribution in [1.82, 2.24) is 5.32 Å². The maximum Gasteiger partial charge on any atom is 0.401 e. The minimum Gasteiger partial charge on any atom is -0.481 e. The number of hydrogen-bond acceptors (Lipinski definition) is 2. The zero-order valence-electron chi connectivity index (χ0n) is 10.5. The fourth-order valence-electron chi connectivity index (χ4n) is 2.94. The number of halogens is 3. The van der Waals surface area contributed by atoms with E-state index in [1.165, 1.54) is 0 Å². The van der Waals surface area contributed by atoms with Crippen LogP contribution in [0, 0.1) is 11.3 Å². The second-order valence-electron chi connectivity index (χ2n) is 5.49. The summed E-state index contributed by atoms with van der Waals surface area (Å²) >= 11 is 0. The van der Waals surface area contributed by atoms with Gasteiger partial charge in [0.1, 0.15) is 0 Å². The van der Waals surface area contributed by atoms with E-state index in [4.69, 9.17) is 5.11 Å². The maximum atomic E-state index is 12.1. The first-order valence-electron chi connectivity index (χ1n) is 6.22. The molecule has 1 aliphatic rings. The van der Waals surface area contributed by atoms with Gasteiger partial charge in [0.2, 0.25) is 0 Å². The summed E-state index contributed by atoms with van der Waals surface area (Å²) in [5.74, 6) is -0.552. The number of rotatable bonds is 5. The number of nitrogens with one attached hydrogen (secondary N) is 1. The second-order valence-corrected chi connectivity index (χ2v) is 5.49. The summed E-state index contributed by atoms with van der Waals surface area (Å²) in [6.07, 6.45) is -1.01. The Hall–Kier alpha value is -0.780. The predicted molar refractivity (Wildman–Crippen MR) is 61.2 cm³/mol. The molecular weight excluding hydrogens is 247 g/mol. The van der Waals surface area contributed by atoms with E-state index in [1.807, 2.05) is 6.92 Å². The van der Waals surface area contributed by atoms with Gasteiger partial charge in [0.15, 0.2) is 0 Å². The van der Waals surface area contributed by atoms with Crippen molar-refractivity contribution >= 4 is 5.97 Å². The molecule has 1 saturated carbocycles. The number of hydrogen-bond donors (Lipinski definition) is 2. The Bertz CT molecular complexity index is 294. The highest BCUT2D eigenvalue weighted by atomic mass is 19.4. The first-order chi connectivity index (χ1) is 8.22. The number of carbonyl (C=O) groups is 1. The van der Waals surface area contributed by atoms with Crippen LogP contribution in [-0.4, -0.2) is 30.3 Å². The van der Waals surface area contributed by atoms with E-state index >= 15 is 0 Å². The summed E-state index contributed by atoms with van der Waals surface area (Å²) in [7, 11) is 0. The molecule has 6 heteroatoms. The van der Waals surface area contributed by atoms with Crippen LogP contribution in [0.2, 0.25) is 0 Å². The zero-order chi connectivity index (χ0) is 13.8. The van der Waals surface area contributed by atoms with Crippen molar-refractivity contribution in [1.29, 1.82) is 0 Å². The van der Waals surface area contributed by atoms with E-state index in [2.05, 4.69) is 5.32 Å². The van der Waals surface area contributed by atoms with Crippen LogP contribution in [0.4, 0.5) is 13.2 Å². The molecule has 1 rings (SSSR count). The van der Waals surface area contributed by atoms with Crippen molar-refractivity contribution in [2.24, 2.45) is 11.3 Å². The largest absolute Gasteiger partial charge is 0.481 e. The van der Waals surface area contributed by atoms with Gasteiger partial charge in [0.05, 0.1) is 13.0 Å². The highest BCUT2D eigenvalue weighted by Crippen LogP contribution is 2.41. The summed E-state index contributed by atoms with van der Waals surface area (Å²) in [4.78, 5) is 10.9. The lowest BCUT2D eigenvalue weighted by molar-refractivity contribution is -0.141. The smallest absolute Gasteiger partial charge is 0.401 e. The molecule has 0 heterocycles. The molecule has 0 unspecified atom stereocenters. The van der Waals surface area contributed by atoms with Crippen LogP contribution in [0.3, 0.4) is 0 Å². The average molecular weight is 267 g/mol. The zero-order valence-corrected chi connectivity index (χ0v) is 10.5. The van der Waals surface area contributed by atoms with Crippen LogP contribution in [-0.2, 0) is 4.79 Å². The molecule has 0 saturated heterocycles. The van der Waals surface area contributed by atoms with Crippen molar-refractivity contribution in [3.8, 4) is 0 Å². The van der Waals surface area contributed by atoms with Gasteiger partial charge in [-0.05, 0) is 24.2 Å². The van der Waals surface area contributed by atoms with Gasteiger partial charge in [-0.1, -0.05) is 19.8 Å². The van der Waals surface area contributed by atoms with E-state index in [0.717, 1.165) is 12.8 Å². The van der Waals surface area contributed by atoms with Gasteiger partial charge < -0.3 is 10.4 Å². The topological polar surface area (TPSA) is 49.3 Å². The van der Waals surface area contributed by atoms with Crippen molar-refractivity contribution < 1.29 is 23.1 Å². The highest BCUT2D eigenvalue weighted by molar-refractivity contribution is 5.67. The van der Waals surface area contributed by atoms with E-state index in [-0.39, 0.29) is 13.0 Å². The first kappa shape index (κ1) is 15.3. The Kier molecular flexibility index (Phi) is 5.01. The number of aliphatic carboxylic acids is 1. The van der Waals surface area contributed by atoms with Crippen molar-refractivity contribution in [3.05, 3.63) is 0 Å². The van der Waals surface area contributed by atoms with Gasteiger partial charge in [-0.3, -0.25) is 4.79 Å². The highest BCUT2D eigenvalue weighted by Gasteiger charge is 2.37. The predicted octanol–water partition coefficient (Wildman–Crippen LogP) is 2.81. The molecule has 0 aromatic heterocycles. The number of alkyl halides is 3. The van der Waals surface area contributed by atoms with E-state index < -0.39 is 24.1 Å². The van der Waals surface area contributed by atoms with Gasteiger partial charge in [0.25, 0.3) is 0 Å². The summed E-state index contributed by atoms with van der Waals surface area (Å²) in [5.41, 5.74) is -0.519. The molecule has 0 bridgehead atoms. The summed E-state index contributed by atoms with van der Waals surface area (Å²) in [5, 5.41) is 11.3. The van der Waals surface area contributed by atoms with Crippen molar-refractivity contribution in [2.75, 3.05) is 13.1 Å². The van der Waals surface area contributed by atoms with Gasteiger partial charge in [-0.25, -0.2) is 0 Å². The fraction of sp³-hybridized carbons (Fsp3) is 0.917. The average Bonchev–Trinajstić information content (AvgIpc) is 2.13. The Morgan fingerprint density at radius 1 is 1.50 bits per heavy atom. The molecular formula is C12H20F3NO2. The number of carboxylic acids is 1. The minimum atomic E-state index is -4.25. The molecule has 2 N–H and O–H groups in total. The van der Waals surface area contributed by atoms with Crippen LogP contribution in [0.25, 0.3) is 0 Å². The van der Waals surface area contributed by atoms with Gasteiger partial charge in [-0.2, -0.15) is 13.2 Å². The maximum absolute atomic E-state index is 12.1. The monoisotopic (exact) mass is 267 g/mol. The lowest BCUT2D eigenvalue weighted by atomic mass is 9.68. The number of carboxylic acid groups (broad SMARTS) is 1. The van der Waals surface area contributed by atoms with Crippen LogP contribution in [0.5, 0.6) is 0 Å². The van der Waals surface area contributed by atoms with Crippen LogP contribution in [0.1, 0.15) is 39.0 Å². The lowest BCUT2D eigenvalue weighted by Crippen LogP contribution is -2.42. The van der Waals surface area contributed by atoms with E-state index in [0.29, 0.717) is 18.8 Å². The van der Waals surface area contributed by atoms with E-state index in [1.54, 1.807) is 0 Å². The Morgan fingerprint density at radius 3 is 2.67 bits per heavy atom. The lowest BCUT2D eigenvalue weighted by Gasteiger charge is -2.39. The van der Waals surface area contributed by atoms with Crippen LogP contribution >= 0.6 is 0 Å². The molecule has 3 nitrogen and oxygen atoms in total. The molecule has 106 valence electrons. The van der Waals surface area contributed by atoms with Gasteiger partial charge in [-0.15, -0.1) is 0 Å². The van der Waals surface area contributed by atoms with Gasteiger partial charge >= 0.3 is 12.1 Å². The Balaban J connectivity index is 2.57. The molecule has 2 atom stereocenters. The molecule has 1 fully saturated rings. The Morgan fingerprint density at radius 2 is 2.17 bits per heavy atom. The van der Waals surface area contributed by atoms with Crippen molar-refractivity contribution in [3.63, 3.8) is 0 Å².